The molecule has 6 nitrogen and oxygen atoms in total. The summed E-state index contributed by atoms with van der Waals surface area (Å²) in [5.74, 6) is -0.561. The molecule has 2 unspecified atom stereocenters. The maximum Gasteiger partial charge on any atom is 0.227 e. The van der Waals surface area contributed by atoms with Gasteiger partial charge in [0.25, 0.3) is 0 Å². The average molecular weight is 378 g/mol. The predicted molar refractivity (Wildman–Crippen MR) is 101 cm³/mol. The first-order valence-corrected chi connectivity index (χ1v) is 11.1. The molecule has 2 fully saturated rings. The number of nitrogens with one attached hydrogen (secondary N) is 1. The van der Waals surface area contributed by atoms with Gasteiger partial charge in [0, 0.05) is 24.7 Å². The maximum absolute atomic E-state index is 12.6. The molecule has 1 N–H and O–H groups in total. The van der Waals surface area contributed by atoms with Crippen molar-refractivity contribution in [3.63, 3.8) is 0 Å². The third kappa shape index (κ3) is 3.77. The molecule has 0 aromatic heterocycles. The van der Waals surface area contributed by atoms with Gasteiger partial charge in [0.2, 0.25) is 11.8 Å². The Labute approximate surface area is 154 Å². The van der Waals surface area contributed by atoms with Crippen LogP contribution in [0.3, 0.4) is 0 Å². The van der Waals surface area contributed by atoms with Gasteiger partial charge < -0.3 is 10.2 Å². The van der Waals surface area contributed by atoms with E-state index in [9.17, 15) is 18.0 Å². The number of hydrogen-bond acceptors (Lipinski definition) is 4. The van der Waals surface area contributed by atoms with Gasteiger partial charge in [0.1, 0.15) is 0 Å². The van der Waals surface area contributed by atoms with E-state index in [1.807, 2.05) is 18.2 Å². The summed E-state index contributed by atoms with van der Waals surface area (Å²) in [6, 6.07) is 5.73. The summed E-state index contributed by atoms with van der Waals surface area (Å²) in [6.45, 7) is 4.47. The van der Waals surface area contributed by atoms with Gasteiger partial charge >= 0.3 is 0 Å². The van der Waals surface area contributed by atoms with Crippen LogP contribution in [0.4, 0.5) is 5.69 Å². The van der Waals surface area contributed by atoms with Crippen LogP contribution in [0.5, 0.6) is 0 Å². The Hall–Kier alpha value is -1.89. The smallest absolute Gasteiger partial charge is 0.227 e. The largest absolute Gasteiger partial charge is 0.352 e. The van der Waals surface area contributed by atoms with Crippen LogP contribution in [-0.4, -0.2) is 44.3 Å². The number of benzene rings is 1. The van der Waals surface area contributed by atoms with E-state index in [1.165, 1.54) is 0 Å². The summed E-state index contributed by atoms with van der Waals surface area (Å²) in [6.07, 6.45) is 2.27. The lowest BCUT2D eigenvalue weighted by Gasteiger charge is -2.23. The van der Waals surface area contributed by atoms with Crippen molar-refractivity contribution in [1.29, 1.82) is 0 Å². The number of carbonyl (C=O) groups is 2. The molecule has 2 saturated heterocycles. The zero-order valence-corrected chi connectivity index (χ0v) is 16.1. The Kier molecular flexibility index (Phi) is 5.37. The summed E-state index contributed by atoms with van der Waals surface area (Å²) < 4.78 is 23.1. The first-order valence-electron chi connectivity index (χ1n) is 9.26. The third-order valence-electron chi connectivity index (χ3n) is 5.31. The van der Waals surface area contributed by atoms with Crippen molar-refractivity contribution in [2.75, 3.05) is 23.0 Å². The Morgan fingerprint density at radius 3 is 2.42 bits per heavy atom. The van der Waals surface area contributed by atoms with E-state index in [1.54, 1.807) is 4.90 Å². The molecule has 1 aromatic carbocycles. The molecule has 2 heterocycles. The van der Waals surface area contributed by atoms with Crippen molar-refractivity contribution >= 4 is 27.3 Å². The molecule has 2 atom stereocenters. The van der Waals surface area contributed by atoms with Crippen LogP contribution in [0, 0.1) is 5.92 Å². The normalized spacial score (nSPS) is 24.8. The molecule has 3 rings (SSSR count). The van der Waals surface area contributed by atoms with Crippen LogP contribution < -0.4 is 10.2 Å². The van der Waals surface area contributed by atoms with Gasteiger partial charge in [-0.2, -0.15) is 0 Å². The van der Waals surface area contributed by atoms with Crippen molar-refractivity contribution in [2.24, 2.45) is 5.92 Å². The van der Waals surface area contributed by atoms with Crippen LogP contribution in [-0.2, 0) is 32.3 Å². The van der Waals surface area contributed by atoms with E-state index in [4.69, 9.17) is 0 Å². The second kappa shape index (κ2) is 7.39. The topological polar surface area (TPSA) is 83.6 Å². The van der Waals surface area contributed by atoms with E-state index in [-0.39, 0.29) is 35.8 Å². The van der Waals surface area contributed by atoms with Crippen molar-refractivity contribution in [3.8, 4) is 0 Å². The minimum Gasteiger partial charge on any atom is -0.352 e. The Morgan fingerprint density at radius 2 is 1.88 bits per heavy atom. The Bertz CT molecular complexity index is 797. The molecule has 0 radical (unpaired) electrons. The predicted octanol–water partition coefficient (Wildman–Crippen LogP) is 1.47. The minimum absolute atomic E-state index is 0.00176. The van der Waals surface area contributed by atoms with Crippen LogP contribution in [0.15, 0.2) is 18.2 Å². The zero-order chi connectivity index (χ0) is 18.9. The van der Waals surface area contributed by atoms with Crippen molar-refractivity contribution in [2.45, 2.75) is 45.6 Å². The van der Waals surface area contributed by atoms with Gasteiger partial charge in [0.15, 0.2) is 9.84 Å². The first kappa shape index (κ1) is 18.9. The highest BCUT2D eigenvalue weighted by Crippen LogP contribution is 2.32. The second-order valence-electron chi connectivity index (χ2n) is 7.15. The molecule has 0 spiro atoms. The molecule has 2 aliphatic rings. The van der Waals surface area contributed by atoms with Crippen LogP contribution in [0.2, 0.25) is 0 Å². The number of aryl methyl sites for hydroxylation is 2. The highest BCUT2D eigenvalue weighted by Gasteiger charge is 2.38. The summed E-state index contributed by atoms with van der Waals surface area (Å²) in [4.78, 5) is 26.9. The molecule has 0 bridgehead atoms. The van der Waals surface area contributed by atoms with Crippen LogP contribution in [0.25, 0.3) is 0 Å². The van der Waals surface area contributed by atoms with E-state index >= 15 is 0 Å². The fraction of sp³-hybridized carbons (Fsp3) is 0.579. The number of anilines is 1. The number of hydrogen-bond donors (Lipinski definition) is 1. The SMILES string of the molecule is CCc1cccc(CC)c1N1CC(C(=O)NC2CCS(=O)(=O)C2)CC1=O. The van der Waals surface area contributed by atoms with Crippen LogP contribution in [0.1, 0.15) is 37.8 Å². The number of rotatable bonds is 5. The maximum atomic E-state index is 12.6. The minimum atomic E-state index is -3.04. The lowest BCUT2D eigenvalue weighted by Crippen LogP contribution is -2.40. The van der Waals surface area contributed by atoms with Gasteiger partial charge in [-0.3, -0.25) is 9.59 Å². The summed E-state index contributed by atoms with van der Waals surface area (Å²) >= 11 is 0. The monoisotopic (exact) mass is 378 g/mol. The molecule has 0 aliphatic carbocycles. The number of amides is 2. The van der Waals surface area contributed by atoms with Gasteiger partial charge in [-0.1, -0.05) is 32.0 Å². The van der Waals surface area contributed by atoms with E-state index in [0.717, 1.165) is 29.7 Å². The molecule has 0 saturated carbocycles. The van der Waals surface area contributed by atoms with E-state index in [0.29, 0.717) is 13.0 Å². The summed E-state index contributed by atoms with van der Waals surface area (Å²) in [5, 5.41) is 2.83. The van der Waals surface area contributed by atoms with E-state index in [2.05, 4.69) is 19.2 Å². The quantitative estimate of drug-likeness (QED) is 0.841. The van der Waals surface area contributed by atoms with Crippen LogP contribution >= 0.6 is 0 Å². The van der Waals surface area contributed by atoms with Gasteiger partial charge in [-0.05, 0) is 30.4 Å². The number of para-hydroxylation sites is 1. The molecule has 142 valence electrons. The lowest BCUT2D eigenvalue weighted by atomic mass is 10.0. The molecular formula is C19H26N2O4S. The highest BCUT2D eigenvalue weighted by molar-refractivity contribution is 7.91. The Morgan fingerprint density at radius 1 is 1.23 bits per heavy atom. The Balaban J connectivity index is 1.74. The van der Waals surface area contributed by atoms with Gasteiger partial charge in [0.05, 0.1) is 17.4 Å². The lowest BCUT2D eigenvalue weighted by molar-refractivity contribution is -0.126. The zero-order valence-electron chi connectivity index (χ0n) is 15.3. The van der Waals surface area contributed by atoms with Gasteiger partial charge in [-0.15, -0.1) is 0 Å². The molecule has 2 amide bonds. The molecule has 2 aliphatic heterocycles. The average Bonchev–Trinajstić information content (AvgIpc) is 3.15. The third-order valence-corrected chi connectivity index (χ3v) is 7.08. The molecule has 1 aromatic rings. The summed E-state index contributed by atoms with van der Waals surface area (Å²) in [5.41, 5.74) is 3.17. The highest BCUT2D eigenvalue weighted by atomic mass is 32.2. The molecule has 26 heavy (non-hydrogen) atoms. The van der Waals surface area contributed by atoms with Crippen molar-refractivity contribution in [1.82, 2.24) is 5.32 Å². The fourth-order valence-electron chi connectivity index (χ4n) is 3.89. The molecular weight excluding hydrogens is 352 g/mol. The molecule has 7 heteroatoms. The van der Waals surface area contributed by atoms with E-state index < -0.39 is 15.8 Å². The van der Waals surface area contributed by atoms with Gasteiger partial charge in [-0.25, -0.2) is 8.42 Å². The number of nitrogens with zero attached hydrogens (tertiary/aromatic N) is 1. The second-order valence-corrected chi connectivity index (χ2v) is 9.37. The summed E-state index contributed by atoms with van der Waals surface area (Å²) in [7, 11) is -3.04. The number of sulfone groups is 1. The first-order chi connectivity index (χ1) is 12.3. The van der Waals surface area contributed by atoms with Crippen molar-refractivity contribution in [3.05, 3.63) is 29.3 Å². The standard InChI is InChI=1S/C19H26N2O4S/c1-3-13-6-5-7-14(4-2)18(13)21-11-15(10-17(21)22)19(23)20-16-8-9-26(24,25)12-16/h5-7,15-16H,3-4,8-12H2,1-2H3,(H,20,23). The fourth-order valence-corrected chi connectivity index (χ4v) is 5.56. The number of carbonyl (C=O) groups excluding carboxylic acids is 2. The van der Waals surface area contributed by atoms with Crippen molar-refractivity contribution < 1.29 is 18.0 Å².